The zero-order valence-corrected chi connectivity index (χ0v) is 15.2. The summed E-state index contributed by atoms with van der Waals surface area (Å²) in [5.41, 5.74) is 2.68. The van der Waals surface area contributed by atoms with Gasteiger partial charge in [-0.2, -0.15) is 0 Å². The zero-order valence-electron chi connectivity index (χ0n) is 15.2. The summed E-state index contributed by atoms with van der Waals surface area (Å²) in [6, 6.07) is 9.93. The Balaban J connectivity index is 1.82. The van der Waals surface area contributed by atoms with Gasteiger partial charge in [-0.05, 0) is 36.3 Å². The molecule has 5 nitrogen and oxygen atoms in total. The number of piperidine rings is 1. The van der Waals surface area contributed by atoms with Gasteiger partial charge in [0, 0.05) is 24.8 Å². The highest BCUT2D eigenvalue weighted by atomic mass is 16.2. The lowest BCUT2D eigenvalue weighted by Crippen LogP contribution is -2.36. The molecule has 0 radical (unpaired) electrons. The van der Waals surface area contributed by atoms with Crippen LogP contribution in [0.15, 0.2) is 36.7 Å². The number of carbonyl (C=O) groups is 1. The van der Waals surface area contributed by atoms with E-state index in [0.717, 1.165) is 31.6 Å². The monoisotopic (exact) mass is 338 g/mol. The Kier molecular flexibility index (Phi) is 5.02. The first-order valence-electron chi connectivity index (χ1n) is 8.93. The average Bonchev–Trinajstić information content (AvgIpc) is 2.62. The van der Waals surface area contributed by atoms with E-state index in [1.807, 2.05) is 23.1 Å². The molecule has 1 aliphatic heterocycles. The quantitative estimate of drug-likeness (QED) is 0.913. The van der Waals surface area contributed by atoms with Crippen LogP contribution in [0.2, 0.25) is 0 Å². The standard InChI is InChI=1S/C20H26N4O/c1-20(2,3)15-9-5-6-10-16(15)23-18-13-17(21-14-22-18)19(25)24-11-7-4-8-12-24/h5-6,9-10,13-14H,4,7-8,11-12H2,1-3H3,(H,21,22,23). The van der Waals surface area contributed by atoms with E-state index in [1.165, 1.54) is 18.3 Å². The van der Waals surface area contributed by atoms with E-state index in [4.69, 9.17) is 0 Å². The fourth-order valence-electron chi connectivity index (χ4n) is 3.19. The van der Waals surface area contributed by atoms with Gasteiger partial charge in [0.15, 0.2) is 0 Å². The van der Waals surface area contributed by atoms with Crippen LogP contribution in [0, 0.1) is 0 Å². The Bertz CT molecular complexity index is 745. The smallest absolute Gasteiger partial charge is 0.272 e. The van der Waals surface area contributed by atoms with Crippen LogP contribution in [-0.2, 0) is 5.41 Å². The van der Waals surface area contributed by atoms with Crippen LogP contribution in [-0.4, -0.2) is 33.9 Å². The lowest BCUT2D eigenvalue weighted by molar-refractivity contribution is 0.0718. The van der Waals surface area contributed by atoms with Crippen molar-refractivity contribution in [1.29, 1.82) is 0 Å². The third-order valence-corrected chi connectivity index (χ3v) is 4.53. The van der Waals surface area contributed by atoms with Crippen LogP contribution in [0.3, 0.4) is 0 Å². The van der Waals surface area contributed by atoms with Gasteiger partial charge in [-0.1, -0.05) is 39.0 Å². The Morgan fingerprint density at radius 3 is 2.52 bits per heavy atom. The largest absolute Gasteiger partial charge is 0.340 e. The van der Waals surface area contributed by atoms with Gasteiger partial charge in [0.2, 0.25) is 0 Å². The van der Waals surface area contributed by atoms with Gasteiger partial charge < -0.3 is 10.2 Å². The molecule has 2 heterocycles. The third kappa shape index (κ3) is 4.16. The number of likely N-dealkylation sites (tertiary alicyclic amines) is 1. The van der Waals surface area contributed by atoms with Crippen molar-refractivity contribution in [1.82, 2.24) is 14.9 Å². The van der Waals surface area contributed by atoms with E-state index in [-0.39, 0.29) is 11.3 Å². The zero-order chi connectivity index (χ0) is 17.9. The number of nitrogens with zero attached hydrogens (tertiary/aromatic N) is 3. The predicted molar refractivity (Wildman–Crippen MR) is 100 cm³/mol. The van der Waals surface area contributed by atoms with Crippen LogP contribution in [0.25, 0.3) is 0 Å². The maximum absolute atomic E-state index is 12.6. The Morgan fingerprint density at radius 2 is 1.80 bits per heavy atom. The number of hydrogen-bond acceptors (Lipinski definition) is 4. The summed E-state index contributed by atoms with van der Waals surface area (Å²) < 4.78 is 0. The maximum atomic E-state index is 12.6. The fourth-order valence-corrected chi connectivity index (χ4v) is 3.19. The molecule has 0 spiro atoms. The third-order valence-electron chi connectivity index (χ3n) is 4.53. The highest BCUT2D eigenvalue weighted by Crippen LogP contribution is 2.30. The van der Waals surface area contributed by atoms with E-state index in [1.54, 1.807) is 6.07 Å². The van der Waals surface area contributed by atoms with Crippen molar-refractivity contribution in [2.24, 2.45) is 0 Å². The molecule has 1 amide bonds. The Morgan fingerprint density at radius 1 is 1.08 bits per heavy atom. The molecule has 0 saturated carbocycles. The van der Waals surface area contributed by atoms with Gasteiger partial charge >= 0.3 is 0 Å². The molecule has 2 aromatic rings. The molecular formula is C20H26N4O. The summed E-state index contributed by atoms with van der Waals surface area (Å²) in [5, 5.41) is 3.36. The molecule has 1 N–H and O–H groups in total. The highest BCUT2D eigenvalue weighted by molar-refractivity contribution is 5.93. The number of rotatable bonds is 3. The molecule has 1 saturated heterocycles. The molecule has 5 heteroatoms. The van der Waals surface area contributed by atoms with E-state index < -0.39 is 0 Å². The van der Waals surface area contributed by atoms with E-state index in [0.29, 0.717) is 11.5 Å². The van der Waals surface area contributed by atoms with E-state index in [2.05, 4.69) is 42.1 Å². The van der Waals surface area contributed by atoms with Crippen molar-refractivity contribution < 1.29 is 4.79 Å². The average molecular weight is 338 g/mol. The Hall–Kier alpha value is -2.43. The lowest BCUT2D eigenvalue weighted by atomic mass is 9.86. The van der Waals surface area contributed by atoms with Gasteiger partial charge in [0.05, 0.1) is 0 Å². The summed E-state index contributed by atoms with van der Waals surface area (Å²) in [6.45, 7) is 8.17. The van der Waals surface area contributed by atoms with Crippen molar-refractivity contribution in [3.8, 4) is 0 Å². The maximum Gasteiger partial charge on any atom is 0.272 e. The number of hydrogen-bond donors (Lipinski definition) is 1. The molecular weight excluding hydrogens is 312 g/mol. The topological polar surface area (TPSA) is 58.1 Å². The second-order valence-electron chi connectivity index (χ2n) is 7.56. The number of benzene rings is 1. The van der Waals surface area contributed by atoms with Crippen molar-refractivity contribution in [2.45, 2.75) is 45.4 Å². The number of aromatic nitrogens is 2. The minimum atomic E-state index is -0.00532. The molecule has 0 aliphatic carbocycles. The molecule has 0 bridgehead atoms. The van der Waals surface area contributed by atoms with Crippen LogP contribution in [0.1, 0.15) is 56.1 Å². The normalized spacial score (nSPS) is 15.1. The fraction of sp³-hybridized carbons (Fsp3) is 0.450. The molecule has 25 heavy (non-hydrogen) atoms. The van der Waals surface area contributed by atoms with E-state index in [9.17, 15) is 4.79 Å². The molecule has 0 atom stereocenters. The minimum Gasteiger partial charge on any atom is -0.340 e. The SMILES string of the molecule is CC(C)(C)c1ccccc1Nc1cc(C(=O)N2CCCCC2)ncn1. The first-order valence-corrected chi connectivity index (χ1v) is 8.93. The second-order valence-corrected chi connectivity index (χ2v) is 7.56. The highest BCUT2D eigenvalue weighted by Gasteiger charge is 2.21. The van der Waals surface area contributed by atoms with Gasteiger partial charge in [0.25, 0.3) is 5.91 Å². The second kappa shape index (κ2) is 7.21. The first kappa shape index (κ1) is 17.4. The molecule has 132 valence electrons. The molecule has 1 aliphatic rings. The predicted octanol–water partition coefficient (Wildman–Crippen LogP) is 4.14. The van der Waals surface area contributed by atoms with Crippen LogP contribution in [0.4, 0.5) is 11.5 Å². The van der Waals surface area contributed by atoms with Gasteiger partial charge in [-0.25, -0.2) is 9.97 Å². The summed E-state index contributed by atoms with van der Waals surface area (Å²) in [4.78, 5) is 23.0. The molecule has 3 rings (SSSR count). The number of nitrogens with one attached hydrogen (secondary N) is 1. The molecule has 0 unspecified atom stereocenters. The number of para-hydroxylation sites is 1. The Labute approximate surface area is 149 Å². The summed E-state index contributed by atoms with van der Waals surface area (Å²) in [6.07, 6.45) is 4.80. The first-order chi connectivity index (χ1) is 11.9. The number of amides is 1. The van der Waals surface area contributed by atoms with E-state index >= 15 is 0 Å². The summed E-state index contributed by atoms with van der Waals surface area (Å²) >= 11 is 0. The number of carbonyl (C=O) groups excluding carboxylic acids is 1. The van der Waals surface area contributed by atoms with Crippen molar-refractivity contribution in [3.05, 3.63) is 47.9 Å². The minimum absolute atomic E-state index is 0.00532. The molecule has 1 fully saturated rings. The molecule has 1 aromatic carbocycles. The lowest BCUT2D eigenvalue weighted by Gasteiger charge is -2.26. The van der Waals surface area contributed by atoms with Crippen molar-refractivity contribution in [3.63, 3.8) is 0 Å². The van der Waals surface area contributed by atoms with Crippen LogP contribution in [0.5, 0.6) is 0 Å². The van der Waals surface area contributed by atoms with Crippen molar-refractivity contribution >= 4 is 17.4 Å². The van der Waals surface area contributed by atoms with Gasteiger partial charge in [0.1, 0.15) is 17.8 Å². The van der Waals surface area contributed by atoms with Gasteiger partial charge in [-0.3, -0.25) is 4.79 Å². The van der Waals surface area contributed by atoms with Gasteiger partial charge in [-0.15, -0.1) is 0 Å². The number of anilines is 2. The summed E-state index contributed by atoms with van der Waals surface area (Å²) in [7, 11) is 0. The summed E-state index contributed by atoms with van der Waals surface area (Å²) in [5.74, 6) is 0.640. The van der Waals surface area contributed by atoms with Crippen LogP contribution < -0.4 is 5.32 Å². The van der Waals surface area contributed by atoms with Crippen LogP contribution >= 0.6 is 0 Å². The molecule has 1 aromatic heterocycles. The van der Waals surface area contributed by atoms with Crippen molar-refractivity contribution in [2.75, 3.05) is 18.4 Å².